The molecule has 26 heavy (non-hydrogen) atoms. The van der Waals surface area contributed by atoms with E-state index >= 15 is 0 Å². The standard InChI is InChI=1S/C17H24N2O6S/c1-12(16(20)18-8-10-24-2)25-17(21)14-6-7-15-13(11-14)5-4-9-19(15)26(3,22)23/h6-7,11-12H,4-5,8-10H2,1-3H3,(H,18,20)/t12-/m0/s1. The molecule has 0 unspecified atom stereocenters. The number of sulfonamides is 1. The van der Waals surface area contributed by atoms with E-state index in [1.807, 2.05) is 0 Å². The number of benzene rings is 1. The molecule has 0 fully saturated rings. The van der Waals surface area contributed by atoms with Gasteiger partial charge in [0, 0.05) is 20.2 Å². The van der Waals surface area contributed by atoms with Gasteiger partial charge >= 0.3 is 5.97 Å². The van der Waals surface area contributed by atoms with Crippen LogP contribution < -0.4 is 9.62 Å². The number of carbonyl (C=O) groups excluding carboxylic acids is 2. The molecule has 144 valence electrons. The molecule has 1 N–H and O–H groups in total. The third kappa shape index (κ3) is 4.95. The molecule has 8 nitrogen and oxygen atoms in total. The fourth-order valence-electron chi connectivity index (χ4n) is 2.74. The highest BCUT2D eigenvalue weighted by Crippen LogP contribution is 2.30. The Bertz CT molecular complexity index is 777. The molecule has 9 heteroatoms. The van der Waals surface area contributed by atoms with Crippen molar-refractivity contribution >= 4 is 27.6 Å². The summed E-state index contributed by atoms with van der Waals surface area (Å²) in [5.41, 5.74) is 1.64. The fraction of sp³-hybridized carbons (Fsp3) is 0.529. The van der Waals surface area contributed by atoms with E-state index in [1.54, 1.807) is 12.1 Å². The Morgan fingerprint density at radius 3 is 2.73 bits per heavy atom. The predicted octanol–water partition coefficient (Wildman–Crippen LogP) is 0.707. The van der Waals surface area contributed by atoms with Crippen LogP contribution >= 0.6 is 0 Å². The summed E-state index contributed by atoms with van der Waals surface area (Å²) in [5, 5.41) is 2.60. The van der Waals surface area contributed by atoms with Crippen molar-refractivity contribution in [1.82, 2.24) is 5.32 Å². The molecule has 1 aromatic rings. The number of nitrogens with one attached hydrogen (secondary N) is 1. The van der Waals surface area contributed by atoms with Crippen molar-refractivity contribution < 1.29 is 27.5 Å². The van der Waals surface area contributed by atoms with E-state index in [-0.39, 0.29) is 5.56 Å². The number of hydrogen-bond donors (Lipinski definition) is 1. The Hall–Kier alpha value is -2.13. The van der Waals surface area contributed by atoms with Crippen LogP contribution in [-0.4, -0.2) is 59.5 Å². The highest BCUT2D eigenvalue weighted by atomic mass is 32.2. The summed E-state index contributed by atoms with van der Waals surface area (Å²) in [4.78, 5) is 24.1. The summed E-state index contributed by atoms with van der Waals surface area (Å²) in [6, 6.07) is 4.75. The Kier molecular flexibility index (Phi) is 6.60. The Morgan fingerprint density at radius 1 is 1.35 bits per heavy atom. The maximum absolute atomic E-state index is 12.3. The van der Waals surface area contributed by atoms with Crippen molar-refractivity contribution in [3.8, 4) is 0 Å². The highest BCUT2D eigenvalue weighted by Gasteiger charge is 2.25. The molecule has 0 aromatic heterocycles. The molecule has 1 aromatic carbocycles. The number of ether oxygens (including phenoxy) is 2. The van der Waals surface area contributed by atoms with Crippen LogP contribution in [-0.2, 0) is 30.7 Å². The summed E-state index contributed by atoms with van der Waals surface area (Å²) >= 11 is 0. The summed E-state index contributed by atoms with van der Waals surface area (Å²) in [7, 11) is -1.84. The van der Waals surface area contributed by atoms with Gasteiger partial charge in [-0.25, -0.2) is 13.2 Å². The first-order chi connectivity index (χ1) is 12.2. The molecular weight excluding hydrogens is 360 g/mol. The molecule has 0 aliphatic carbocycles. The van der Waals surface area contributed by atoms with Crippen LogP contribution in [0.15, 0.2) is 18.2 Å². The zero-order valence-corrected chi connectivity index (χ0v) is 16.0. The van der Waals surface area contributed by atoms with Crippen molar-refractivity contribution in [2.24, 2.45) is 0 Å². The van der Waals surface area contributed by atoms with Crippen molar-refractivity contribution in [3.05, 3.63) is 29.3 Å². The van der Waals surface area contributed by atoms with E-state index in [2.05, 4.69) is 5.32 Å². The Labute approximate surface area is 153 Å². The second-order valence-electron chi connectivity index (χ2n) is 6.11. The Balaban J connectivity index is 2.08. The van der Waals surface area contributed by atoms with E-state index in [0.717, 1.165) is 11.8 Å². The minimum Gasteiger partial charge on any atom is -0.449 e. The van der Waals surface area contributed by atoms with Gasteiger partial charge in [-0.3, -0.25) is 9.10 Å². The van der Waals surface area contributed by atoms with Crippen LogP contribution in [0.25, 0.3) is 0 Å². The van der Waals surface area contributed by atoms with E-state index in [4.69, 9.17) is 9.47 Å². The summed E-state index contributed by atoms with van der Waals surface area (Å²) < 4.78 is 35.1. The molecule has 1 amide bonds. The van der Waals surface area contributed by atoms with Gasteiger partial charge in [-0.2, -0.15) is 0 Å². The molecule has 0 radical (unpaired) electrons. The minimum atomic E-state index is -3.36. The van der Waals surface area contributed by atoms with E-state index in [1.165, 1.54) is 24.4 Å². The molecule has 1 atom stereocenters. The smallest absolute Gasteiger partial charge is 0.338 e. The van der Waals surface area contributed by atoms with Gasteiger partial charge in [-0.1, -0.05) is 0 Å². The zero-order chi connectivity index (χ0) is 19.3. The lowest BCUT2D eigenvalue weighted by molar-refractivity contribution is -0.129. The summed E-state index contributed by atoms with van der Waals surface area (Å²) in [6.07, 6.45) is 1.57. The van der Waals surface area contributed by atoms with Gasteiger partial charge in [0.1, 0.15) is 0 Å². The van der Waals surface area contributed by atoms with Crippen molar-refractivity contribution in [2.45, 2.75) is 25.9 Å². The molecule has 0 spiro atoms. The van der Waals surface area contributed by atoms with Gasteiger partial charge in [0.25, 0.3) is 5.91 Å². The third-order valence-electron chi connectivity index (χ3n) is 4.05. The van der Waals surface area contributed by atoms with Crippen LogP contribution in [0.2, 0.25) is 0 Å². The third-order valence-corrected chi connectivity index (χ3v) is 5.23. The van der Waals surface area contributed by atoms with Crippen molar-refractivity contribution in [1.29, 1.82) is 0 Å². The number of amides is 1. The molecule has 2 rings (SSSR count). The average molecular weight is 384 g/mol. The predicted molar refractivity (Wildman–Crippen MR) is 96.7 cm³/mol. The maximum Gasteiger partial charge on any atom is 0.338 e. The second-order valence-corrected chi connectivity index (χ2v) is 8.02. The average Bonchev–Trinajstić information content (AvgIpc) is 2.59. The molecule has 0 saturated carbocycles. The zero-order valence-electron chi connectivity index (χ0n) is 15.1. The lowest BCUT2D eigenvalue weighted by atomic mass is 10.0. The van der Waals surface area contributed by atoms with Crippen LogP contribution in [0.4, 0.5) is 5.69 Å². The van der Waals surface area contributed by atoms with Crippen molar-refractivity contribution in [3.63, 3.8) is 0 Å². The van der Waals surface area contributed by atoms with Gasteiger partial charge in [-0.05, 0) is 43.5 Å². The first kappa shape index (κ1) is 20.2. The minimum absolute atomic E-state index is 0.288. The van der Waals surface area contributed by atoms with E-state index < -0.39 is 28.0 Å². The normalized spacial score (nSPS) is 15.1. The number of carbonyl (C=O) groups is 2. The first-order valence-corrected chi connectivity index (χ1v) is 10.2. The first-order valence-electron chi connectivity index (χ1n) is 8.32. The number of rotatable bonds is 7. The Morgan fingerprint density at radius 2 is 2.08 bits per heavy atom. The lowest BCUT2D eigenvalue weighted by Gasteiger charge is -2.29. The van der Waals surface area contributed by atoms with Crippen molar-refractivity contribution in [2.75, 3.05) is 37.4 Å². The molecule has 0 saturated heterocycles. The quantitative estimate of drug-likeness (QED) is 0.549. The van der Waals surface area contributed by atoms with E-state index in [9.17, 15) is 18.0 Å². The summed E-state index contributed by atoms with van der Waals surface area (Å²) in [6.45, 7) is 2.61. The largest absolute Gasteiger partial charge is 0.449 e. The molecule has 1 heterocycles. The fourth-order valence-corrected chi connectivity index (χ4v) is 3.73. The van der Waals surface area contributed by atoms with Crippen LogP contribution in [0, 0.1) is 0 Å². The molecule has 1 aliphatic rings. The number of methoxy groups -OCH3 is 1. The maximum atomic E-state index is 12.3. The number of esters is 1. The van der Waals surface area contributed by atoms with Crippen LogP contribution in [0.3, 0.4) is 0 Å². The van der Waals surface area contributed by atoms with Gasteiger partial charge in [0.2, 0.25) is 10.0 Å². The number of nitrogens with zero attached hydrogens (tertiary/aromatic N) is 1. The second kappa shape index (κ2) is 8.50. The number of hydrogen-bond acceptors (Lipinski definition) is 6. The highest BCUT2D eigenvalue weighted by molar-refractivity contribution is 7.92. The topological polar surface area (TPSA) is 102 Å². The number of aryl methyl sites for hydroxylation is 1. The van der Waals surface area contributed by atoms with Crippen LogP contribution in [0.5, 0.6) is 0 Å². The number of anilines is 1. The SMILES string of the molecule is COCCNC(=O)[C@H](C)OC(=O)c1ccc2c(c1)CCCN2S(C)(=O)=O. The van der Waals surface area contributed by atoms with Gasteiger partial charge in [0.05, 0.1) is 24.1 Å². The van der Waals surface area contributed by atoms with E-state index in [0.29, 0.717) is 38.2 Å². The number of fused-ring (bicyclic) bond motifs is 1. The summed E-state index contributed by atoms with van der Waals surface area (Å²) in [5.74, 6) is -1.03. The lowest BCUT2D eigenvalue weighted by Crippen LogP contribution is -2.37. The molecular formula is C17H24N2O6S. The van der Waals surface area contributed by atoms with Gasteiger partial charge in [-0.15, -0.1) is 0 Å². The van der Waals surface area contributed by atoms with Gasteiger partial charge in [0.15, 0.2) is 6.10 Å². The molecule has 1 aliphatic heterocycles. The monoisotopic (exact) mass is 384 g/mol. The van der Waals surface area contributed by atoms with Crippen LogP contribution in [0.1, 0.15) is 29.3 Å². The molecule has 0 bridgehead atoms. The van der Waals surface area contributed by atoms with Gasteiger partial charge < -0.3 is 14.8 Å².